The van der Waals surface area contributed by atoms with E-state index >= 15 is 0 Å². The minimum Gasteiger partial charge on any atom is -0.379 e. The van der Waals surface area contributed by atoms with Gasteiger partial charge in [0, 0.05) is 45.6 Å². The van der Waals surface area contributed by atoms with Crippen molar-refractivity contribution in [2.24, 2.45) is 13.0 Å². The normalized spacial score (nSPS) is 22.7. The first kappa shape index (κ1) is 17.9. The number of morpholine rings is 1. The quantitative estimate of drug-likeness (QED) is 0.769. The first-order valence-electron chi connectivity index (χ1n) is 10.2. The molecule has 7 nitrogen and oxygen atoms in total. The molecule has 1 amide bonds. The summed E-state index contributed by atoms with van der Waals surface area (Å²) >= 11 is 0. The first-order chi connectivity index (χ1) is 12.7. The average molecular weight is 361 g/mol. The number of piperidine rings is 1. The Hall–Kier alpha value is -1.47. The summed E-state index contributed by atoms with van der Waals surface area (Å²) in [7, 11) is 2.08. The maximum atomic E-state index is 12.3. The molecular weight excluding hydrogens is 330 g/mol. The molecule has 1 aromatic heterocycles. The lowest BCUT2D eigenvalue weighted by Crippen LogP contribution is -2.38. The molecule has 0 atom stereocenters. The molecule has 3 heterocycles. The minimum atomic E-state index is 0.348. The van der Waals surface area contributed by atoms with Gasteiger partial charge >= 0.3 is 0 Å². The van der Waals surface area contributed by atoms with Gasteiger partial charge in [0.2, 0.25) is 5.91 Å². The van der Waals surface area contributed by atoms with Gasteiger partial charge in [-0.05, 0) is 25.2 Å². The second kappa shape index (κ2) is 8.05. The topological polar surface area (TPSA) is 63.5 Å². The SMILES string of the molecule is Cn1c(CN2CCOCC2)nnc1C1CCN(C(=O)CCC2CC2)CC1. The largest absolute Gasteiger partial charge is 0.379 e. The third-order valence-corrected chi connectivity index (χ3v) is 6.14. The van der Waals surface area contributed by atoms with E-state index in [1.54, 1.807) is 0 Å². The van der Waals surface area contributed by atoms with Crippen molar-refractivity contribution < 1.29 is 9.53 Å². The molecule has 0 aromatic carbocycles. The molecule has 26 heavy (non-hydrogen) atoms. The molecule has 0 unspecified atom stereocenters. The highest BCUT2D eigenvalue weighted by Gasteiger charge is 2.29. The van der Waals surface area contributed by atoms with Crippen molar-refractivity contribution in [3.8, 4) is 0 Å². The number of aromatic nitrogens is 3. The Morgan fingerprint density at radius 3 is 2.50 bits per heavy atom. The molecule has 2 aliphatic heterocycles. The van der Waals surface area contributed by atoms with Gasteiger partial charge in [-0.15, -0.1) is 10.2 Å². The molecule has 144 valence electrons. The van der Waals surface area contributed by atoms with Crippen molar-refractivity contribution in [2.45, 2.75) is 51.0 Å². The smallest absolute Gasteiger partial charge is 0.222 e. The second-order valence-electron chi connectivity index (χ2n) is 8.06. The summed E-state index contributed by atoms with van der Waals surface area (Å²) in [4.78, 5) is 16.8. The van der Waals surface area contributed by atoms with Crippen LogP contribution >= 0.6 is 0 Å². The van der Waals surface area contributed by atoms with E-state index in [1.807, 2.05) is 0 Å². The van der Waals surface area contributed by atoms with Gasteiger partial charge in [-0.3, -0.25) is 9.69 Å². The zero-order valence-corrected chi connectivity index (χ0v) is 15.9. The number of nitrogens with zero attached hydrogens (tertiary/aromatic N) is 5. The van der Waals surface area contributed by atoms with Crippen molar-refractivity contribution in [3.05, 3.63) is 11.6 Å². The fourth-order valence-electron chi connectivity index (χ4n) is 4.11. The number of likely N-dealkylation sites (tertiary alicyclic amines) is 1. The molecule has 1 saturated carbocycles. The Balaban J connectivity index is 1.29. The van der Waals surface area contributed by atoms with Gasteiger partial charge in [-0.25, -0.2) is 0 Å². The Morgan fingerprint density at radius 1 is 1.08 bits per heavy atom. The van der Waals surface area contributed by atoms with Crippen LogP contribution in [0.4, 0.5) is 0 Å². The molecule has 4 rings (SSSR count). The summed E-state index contributed by atoms with van der Waals surface area (Å²) < 4.78 is 7.59. The van der Waals surface area contributed by atoms with Crippen LogP contribution in [0.5, 0.6) is 0 Å². The second-order valence-corrected chi connectivity index (χ2v) is 8.06. The van der Waals surface area contributed by atoms with E-state index in [0.717, 1.165) is 89.2 Å². The van der Waals surface area contributed by atoms with E-state index < -0.39 is 0 Å². The van der Waals surface area contributed by atoms with Crippen molar-refractivity contribution in [2.75, 3.05) is 39.4 Å². The summed E-state index contributed by atoms with van der Waals surface area (Å²) in [6.07, 6.45) is 6.48. The van der Waals surface area contributed by atoms with Gasteiger partial charge in [-0.1, -0.05) is 12.8 Å². The highest BCUT2D eigenvalue weighted by atomic mass is 16.5. The predicted molar refractivity (Wildman–Crippen MR) is 97.6 cm³/mol. The third-order valence-electron chi connectivity index (χ3n) is 6.14. The van der Waals surface area contributed by atoms with Crippen LogP contribution in [0.3, 0.4) is 0 Å². The lowest BCUT2D eigenvalue weighted by Gasteiger charge is -2.31. The lowest BCUT2D eigenvalue weighted by atomic mass is 9.95. The van der Waals surface area contributed by atoms with Crippen LogP contribution in [0, 0.1) is 5.92 Å². The highest BCUT2D eigenvalue weighted by molar-refractivity contribution is 5.76. The fraction of sp³-hybridized carbons (Fsp3) is 0.842. The number of hydrogen-bond donors (Lipinski definition) is 0. The number of carbonyl (C=O) groups excluding carboxylic acids is 1. The van der Waals surface area contributed by atoms with Crippen molar-refractivity contribution in [3.63, 3.8) is 0 Å². The number of rotatable bonds is 6. The summed E-state index contributed by atoms with van der Waals surface area (Å²) in [6, 6.07) is 0. The van der Waals surface area contributed by atoms with Gasteiger partial charge < -0.3 is 14.2 Å². The van der Waals surface area contributed by atoms with Crippen molar-refractivity contribution in [1.82, 2.24) is 24.6 Å². The monoisotopic (exact) mass is 361 g/mol. The number of carbonyl (C=O) groups is 1. The predicted octanol–water partition coefficient (Wildman–Crippen LogP) is 1.54. The zero-order valence-electron chi connectivity index (χ0n) is 15.9. The van der Waals surface area contributed by atoms with Crippen LogP contribution in [-0.4, -0.2) is 69.9 Å². The number of amides is 1. The molecule has 3 aliphatic rings. The van der Waals surface area contributed by atoms with Gasteiger partial charge in [0.1, 0.15) is 11.6 Å². The van der Waals surface area contributed by atoms with Crippen LogP contribution in [0.1, 0.15) is 56.1 Å². The third kappa shape index (κ3) is 4.26. The Labute approximate surface area is 155 Å². The molecule has 1 aliphatic carbocycles. The Morgan fingerprint density at radius 2 is 1.81 bits per heavy atom. The summed E-state index contributed by atoms with van der Waals surface area (Å²) in [5.74, 6) is 3.71. The molecule has 0 N–H and O–H groups in total. The molecule has 0 bridgehead atoms. The van der Waals surface area contributed by atoms with Crippen LogP contribution in [0.2, 0.25) is 0 Å². The maximum absolute atomic E-state index is 12.3. The standard InChI is InChI=1S/C19H31N5O2/c1-22-17(14-23-10-12-26-13-11-23)20-21-19(22)16-6-8-24(9-7-16)18(25)5-4-15-2-3-15/h15-16H,2-14H2,1H3. The van der Waals surface area contributed by atoms with E-state index in [1.165, 1.54) is 12.8 Å². The molecule has 0 spiro atoms. The van der Waals surface area contributed by atoms with Crippen molar-refractivity contribution in [1.29, 1.82) is 0 Å². The van der Waals surface area contributed by atoms with Crippen LogP contribution in [0.25, 0.3) is 0 Å². The van der Waals surface area contributed by atoms with E-state index in [-0.39, 0.29) is 0 Å². The van der Waals surface area contributed by atoms with E-state index in [4.69, 9.17) is 4.74 Å². The van der Waals surface area contributed by atoms with Gasteiger partial charge in [0.15, 0.2) is 0 Å². The lowest BCUT2D eigenvalue weighted by molar-refractivity contribution is -0.132. The molecule has 1 aromatic rings. The van der Waals surface area contributed by atoms with Crippen LogP contribution in [0.15, 0.2) is 0 Å². The molecule has 2 saturated heterocycles. The number of ether oxygens (including phenoxy) is 1. The van der Waals surface area contributed by atoms with E-state index in [2.05, 4.69) is 31.6 Å². The van der Waals surface area contributed by atoms with Gasteiger partial charge in [0.25, 0.3) is 0 Å². The Bertz CT molecular complexity index is 613. The minimum absolute atomic E-state index is 0.348. The fourth-order valence-corrected chi connectivity index (χ4v) is 4.11. The summed E-state index contributed by atoms with van der Waals surface area (Å²) in [5.41, 5.74) is 0. The molecule has 0 radical (unpaired) electrons. The average Bonchev–Trinajstić information content (AvgIpc) is 3.44. The zero-order chi connectivity index (χ0) is 17.9. The van der Waals surface area contributed by atoms with Gasteiger partial charge in [0.05, 0.1) is 19.8 Å². The molecular formula is C19H31N5O2. The van der Waals surface area contributed by atoms with Crippen LogP contribution < -0.4 is 0 Å². The van der Waals surface area contributed by atoms with E-state index in [9.17, 15) is 4.79 Å². The Kier molecular flexibility index (Phi) is 5.55. The number of hydrogen-bond acceptors (Lipinski definition) is 5. The van der Waals surface area contributed by atoms with Crippen molar-refractivity contribution >= 4 is 5.91 Å². The molecule has 3 fully saturated rings. The van der Waals surface area contributed by atoms with E-state index in [0.29, 0.717) is 11.8 Å². The molecule has 7 heteroatoms. The van der Waals surface area contributed by atoms with Crippen LogP contribution in [-0.2, 0) is 23.1 Å². The highest BCUT2D eigenvalue weighted by Crippen LogP contribution is 2.34. The summed E-state index contributed by atoms with van der Waals surface area (Å²) in [6.45, 7) is 6.09. The maximum Gasteiger partial charge on any atom is 0.222 e. The van der Waals surface area contributed by atoms with Gasteiger partial charge in [-0.2, -0.15) is 0 Å². The summed E-state index contributed by atoms with van der Waals surface area (Å²) in [5, 5.41) is 8.94. The first-order valence-corrected chi connectivity index (χ1v) is 10.2.